The van der Waals surface area contributed by atoms with Gasteiger partial charge in [-0.2, -0.15) is 0 Å². The summed E-state index contributed by atoms with van der Waals surface area (Å²) in [7, 11) is 0. The number of nitrogens with zero attached hydrogens (tertiary/aromatic N) is 2. The Morgan fingerprint density at radius 2 is 2.14 bits per heavy atom. The molecule has 0 aliphatic heterocycles. The highest BCUT2D eigenvalue weighted by Crippen LogP contribution is 2.21. The summed E-state index contributed by atoms with van der Waals surface area (Å²) in [5.74, 6) is -2.61. The Hall–Kier alpha value is -2.80. The van der Waals surface area contributed by atoms with Gasteiger partial charge in [0.25, 0.3) is 0 Å². The molecule has 0 saturated heterocycles. The Morgan fingerprint density at radius 3 is 2.82 bits per heavy atom. The van der Waals surface area contributed by atoms with Crippen LogP contribution in [0.15, 0.2) is 30.5 Å². The molecule has 0 saturated carbocycles. The second-order valence-electron chi connectivity index (χ2n) is 4.45. The second kappa shape index (κ2) is 6.77. The lowest BCUT2D eigenvalue weighted by atomic mass is 10.1. The second-order valence-corrected chi connectivity index (χ2v) is 4.45. The summed E-state index contributed by atoms with van der Waals surface area (Å²) in [6, 6.07) is 7.53. The van der Waals surface area contributed by atoms with Gasteiger partial charge >= 0.3 is 11.9 Å². The molecule has 0 unspecified atom stereocenters. The van der Waals surface area contributed by atoms with Gasteiger partial charge in [0.15, 0.2) is 0 Å². The minimum Gasteiger partial charge on any atom is -0.492 e. The van der Waals surface area contributed by atoms with E-state index in [1.54, 1.807) is 6.07 Å². The normalized spacial score (nSPS) is 10.3. The molecule has 0 atom stereocenters. The number of ether oxygens (including phenoxy) is 1. The van der Waals surface area contributed by atoms with Gasteiger partial charge in [0.2, 0.25) is 11.6 Å². The monoisotopic (exact) mass is 301 g/mol. The molecule has 3 N–H and O–H groups in total. The van der Waals surface area contributed by atoms with Gasteiger partial charge < -0.3 is 15.6 Å². The quantitative estimate of drug-likeness (QED) is 0.640. The van der Waals surface area contributed by atoms with Crippen LogP contribution in [0.3, 0.4) is 0 Å². The molecule has 22 heavy (non-hydrogen) atoms. The van der Waals surface area contributed by atoms with Gasteiger partial charge in [-0.15, -0.1) is 0 Å². The van der Waals surface area contributed by atoms with Crippen molar-refractivity contribution < 1.29 is 19.4 Å². The van der Waals surface area contributed by atoms with Crippen LogP contribution in [-0.2, 0) is 16.0 Å². The molecule has 1 heterocycles. The topological polar surface area (TPSA) is 115 Å². The molecule has 0 spiro atoms. The number of esters is 2. The van der Waals surface area contributed by atoms with Crippen LogP contribution in [0.5, 0.6) is 5.88 Å². The molecule has 0 amide bonds. The number of aromatic hydroxyl groups is 1. The van der Waals surface area contributed by atoms with Gasteiger partial charge in [-0.1, -0.05) is 25.1 Å². The van der Waals surface area contributed by atoms with Crippen molar-refractivity contribution in [3.05, 3.63) is 41.7 Å². The van der Waals surface area contributed by atoms with E-state index < -0.39 is 30.1 Å². The SMILES string of the molecule is CCc1cccc(-c2cnc(O)c(C(=O)OC(=O)CN)n2)c1. The molecule has 2 aromatic rings. The fraction of sp³-hybridized carbons (Fsp3) is 0.200. The van der Waals surface area contributed by atoms with Gasteiger partial charge in [-0.25, -0.2) is 14.8 Å². The fourth-order valence-electron chi connectivity index (χ4n) is 1.80. The van der Waals surface area contributed by atoms with Crippen LogP contribution in [0, 0.1) is 0 Å². The molecule has 0 aliphatic rings. The van der Waals surface area contributed by atoms with E-state index in [0.717, 1.165) is 17.5 Å². The summed E-state index contributed by atoms with van der Waals surface area (Å²) >= 11 is 0. The van der Waals surface area contributed by atoms with Crippen molar-refractivity contribution in [1.82, 2.24) is 9.97 Å². The molecule has 0 bridgehead atoms. The molecule has 7 nitrogen and oxygen atoms in total. The summed E-state index contributed by atoms with van der Waals surface area (Å²) in [6.45, 7) is 1.57. The zero-order valence-electron chi connectivity index (χ0n) is 11.9. The molecular formula is C15H15N3O4. The zero-order valence-corrected chi connectivity index (χ0v) is 11.9. The molecule has 1 aromatic heterocycles. The Kier molecular flexibility index (Phi) is 4.80. The summed E-state index contributed by atoms with van der Waals surface area (Å²) < 4.78 is 4.44. The first kappa shape index (κ1) is 15.6. The summed E-state index contributed by atoms with van der Waals surface area (Å²) in [5, 5.41) is 9.62. The van der Waals surface area contributed by atoms with Crippen LogP contribution in [-0.4, -0.2) is 33.6 Å². The highest BCUT2D eigenvalue weighted by atomic mass is 16.6. The third-order valence-electron chi connectivity index (χ3n) is 2.95. The standard InChI is InChI=1S/C15H15N3O4/c1-2-9-4-3-5-10(6-9)11-8-17-14(20)13(18-11)15(21)22-12(19)7-16/h3-6,8H,2,7,16H2,1H3,(H,17,20). The number of aryl methyl sites for hydroxylation is 1. The predicted octanol–water partition coefficient (Wildman–Crippen LogP) is 1.05. The third kappa shape index (κ3) is 3.44. The molecule has 0 aliphatic carbocycles. The molecule has 114 valence electrons. The maximum absolute atomic E-state index is 11.8. The number of carbonyl (C=O) groups excluding carboxylic acids is 2. The van der Waals surface area contributed by atoms with Crippen LogP contribution in [0.2, 0.25) is 0 Å². The zero-order chi connectivity index (χ0) is 16.1. The van der Waals surface area contributed by atoms with Gasteiger partial charge in [0, 0.05) is 5.56 Å². The maximum atomic E-state index is 11.8. The largest absolute Gasteiger partial charge is 0.492 e. The lowest BCUT2D eigenvalue weighted by molar-refractivity contribution is -0.136. The average molecular weight is 301 g/mol. The first-order chi connectivity index (χ1) is 10.5. The number of hydrogen-bond donors (Lipinski definition) is 2. The molecule has 0 fully saturated rings. The Labute approximate surface area is 126 Å². The first-order valence-electron chi connectivity index (χ1n) is 6.65. The van der Waals surface area contributed by atoms with Gasteiger partial charge in [0.05, 0.1) is 18.4 Å². The summed E-state index contributed by atoms with van der Waals surface area (Å²) in [4.78, 5) is 30.6. The lowest BCUT2D eigenvalue weighted by Crippen LogP contribution is -2.21. The predicted molar refractivity (Wildman–Crippen MR) is 78.0 cm³/mol. The Balaban J connectivity index is 2.37. The minimum atomic E-state index is -1.09. The molecule has 1 aromatic carbocycles. The van der Waals surface area contributed by atoms with E-state index >= 15 is 0 Å². The minimum absolute atomic E-state index is 0.389. The maximum Gasteiger partial charge on any atom is 0.370 e. The Morgan fingerprint density at radius 1 is 1.36 bits per heavy atom. The highest BCUT2D eigenvalue weighted by Gasteiger charge is 2.20. The smallest absolute Gasteiger partial charge is 0.370 e. The number of nitrogens with two attached hydrogens (primary N) is 1. The molecule has 2 rings (SSSR count). The number of aromatic nitrogens is 2. The van der Waals surface area contributed by atoms with Crippen molar-refractivity contribution in [2.45, 2.75) is 13.3 Å². The molecule has 7 heteroatoms. The van der Waals surface area contributed by atoms with E-state index in [4.69, 9.17) is 5.73 Å². The van der Waals surface area contributed by atoms with Crippen molar-refractivity contribution >= 4 is 11.9 Å². The fourth-order valence-corrected chi connectivity index (χ4v) is 1.80. The van der Waals surface area contributed by atoms with E-state index in [9.17, 15) is 14.7 Å². The van der Waals surface area contributed by atoms with Gasteiger partial charge in [0.1, 0.15) is 0 Å². The van der Waals surface area contributed by atoms with Crippen LogP contribution in [0.4, 0.5) is 0 Å². The van der Waals surface area contributed by atoms with E-state index in [1.165, 1.54) is 6.20 Å². The number of hydrogen-bond acceptors (Lipinski definition) is 7. The van der Waals surface area contributed by atoms with Crippen LogP contribution in [0.1, 0.15) is 23.0 Å². The van der Waals surface area contributed by atoms with Gasteiger partial charge in [-0.05, 0) is 18.1 Å². The number of rotatable bonds is 4. The van der Waals surface area contributed by atoms with Crippen molar-refractivity contribution in [1.29, 1.82) is 0 Å². The van der Waals surface area contributed by atoms with Crippen molar-refractivity contribution in [2.75, 3.05) is 6.54 Å². The van der Waals surface area contributed by atoms with Crippen molar-refractivity contribution in [3.8, 4) is 17.1 Å². The first-order valence-corrected chi connectivity index (χ1v) is 6.65. The van der Waals surface area contributed by atoms with E-state index in [2.05, 4.69) is 14.7 Å². The van der Waals surface area contributed by atoms with Gasteiger partial charge in [-0.3, -0.25) is 4.79 Å². The average Bonchev–Trinajstić information content (AvgIpc) is 2.55. The highest BCUT2D eigenvalue weighted by molar-refractivity contribution is 5.97. The third-order valence-corrected chi connectivity index (χ3v) is 2.95. The lowest BCUT2D eigenvalue weighted by Gasteiger charge is -2.06. The number of benzene rings is 1. The van der Waals surface area contributed by atoms with E-state index in [1.807, 2.05) is 25.1 Å². The molecular weight excluding hydrogens is 286 g/mol. The molecule has 0 radical (unpaired) electrons. The summed E-state index contributed by atoms with van der Waals surface area (Å²) in [6.07, 6.45) is 2.19. The van der Waals surface area contributed by atoms with Crippen molar-refractivity contribution in [3.63, 3.8) is 0 Å². The van der Waals surface area contributed by atoms with Crippen LogP contribution < -0.4 is 5.73 Å². The number of carbonyl (C=O) groups is 2. The summed E-state index contributed by atoms with van der Waals surface area (Å²) in [5.41, 5.74) is 6.86. The van der Waals surface area contributed by atoms with Crippen molar-refractivity contribution in [2.24, 2.45) is 5.73 Å². The Bertz CT molecular complexity index is 716. The van der Waals surface area contributed by atoms with Crippen LogP contribution >= 0.6 is 0 Å². The van der Waals surface area contributed by atoms with Crippen LogP contribution in [0.25, 0.3) is 11.3 Å². The van der Waals surface area contributed by atoms with E-state index in [-0.39, 0.29) is 0 Å². The van der Waals surface area contributed by atoms with E-state index in [0.29, 0.717) is 5.69 Å².